The number of hydrogen-bond acceptors (Lipinski definition) is 4. The third kappa shape index (κ3) is 8.25. The molecule has 1 unspecified atom stereocenters. The maximum absolute atomic E-state index is 5.84. The Balaban J connectivity index is 1.83. The molecule has 1 aliphatic rings. The summed E-state index contributed by atoms with van der Waals surface area (Å²) < 4.78 is 5.84. The van der Waals surface area contributed by atoms with Crippen molar-refractivity contribution in [2.24, 2.45) is 10.9 Å². The molecule has 1 heterocycles. The number of ether oxygens (including phenoxy) is 1. The number of nitrogens with one attached hydrogen (secondary N) is 2. The van der Waals surface area contributed by atoms with Gasteiger partial charge in [-0.15, -0.1) is 0 Å². The van der Waals surface area contributed by atoms with Gasteiger partial charge in [0.25, 0.3) is 0 Å². The fourth-order valence-corrected chi connectivity index (χ4v) is 3.94. The quantitative estimate of drug-likeness (QED) is 0.428. The van der Waals surface area contributed by atoms with Crippen molar-refractivity contribution in [2.45, 2.75) is 53.3 Å². The summed E-state index contributed by atoms with van der Waals surface area (Å²) in [6.07, 6.45) is 1.27. The first-order valence-electron chi connectivity index (χ1n) is 11.6. The third-order valence-electron chi connectivity index (χ3n) is 5.94. The monoisotopic (exact) mass is 417 g/mol. The zero-order chi connectivity index (χ0) is 21.8. The van der Waals surface area contributed by atoms with Crippen LogP contribution in [0.4, 0.5) is 0 Å². The summed E-state index contributed by atoms with van der Waals surface area (Å²) in [4.78, 5) is 9.48. The lowest BCUT2D eigenvalue weighted by molar-refractivity contribution is 0.0258. The molecule has 0 aromatic heterocycles. The van der Waals surface area contributed by atoms with Gasteiger partial charge in [-0.1, -0.05) is 45.0 Å². The van der Waals surface area contributed by atoms with Crippen LogP contribution in [0.15, 0.2) is 29.3 Å². The first-order chi connectivity index (χ1) is 14.6. The van der Waals surface area contributed by atoms with E-state index in [1.54, 1.807) is 0 Å². The van der Waals surface area contributed by atoms with Crippen LogP contribution in [-0.4, -0.2) is 74.8 Å². The van der Waals surface area contributed by atoms with Gasteiger partial charge in [0.2, 0.25) is 0 Å². The maximum Gasteiger partial charge on any atom is 0.191 e. The van der Waals surface area contributed by atoms with Crippen LogP contribution >= 0.6 is 0 Å². The number of benzene rings is 1. The second-order valence-corrected chi connectivity index (χ2v) is 8.36. The molecule has 2 rings (SSSR count). The molecule has 0 bridgehead atoms. The Morgan fingerprint density at radius 2 is 1.70 bits per heavy atom. The van der Waals surface area contributed by atoms with Crippen molar-refractivity contribution in [3.8, 4) is 0 Å². The predicted molar refractivity (Wildman–Crippen MR) is 127 cm³/mol. The minimum atomic E-state index is 0.287. The van der Waals surface area contributed by atoms with E-state index in [-0.39, 0.29) is 6.10 Å². The summed E-state index contributed by atoms with van der Waals surface area (Å²) in [5.74, 6) is 1.37. The predicted octanol–water partition coefficient (Wildman–Crippen LogP) is 2.94. The molecule has 6 heteroatoms. The lowest BCUT2D eigenvalue weighted by atomic mass is 10.0. The van der Waals surface area contributed by atoms with Crippen molar-refractivity contribution in [1.29, 1.82) is 0 Å². The number of nitrogens with zero attached hydrogens (tertiary/aromatic N) is 3. The van der Waals surface area contributed by atoms with Gasteiger partial charge in [-0.3, -0.25) is 9.89 Å². The van der Waals surface area contributed by atoms with Crippen molar-refractivity contribution in [2.75, 3.05) is 52.9 Å². The molecule has 1 fully saturated rings. The van der Waals surface area contributed by atoms with Gasteiger partial charge in [0, 0.05) is 59.5 Å². The van der Waals surface area contributed by atoms with E-state index in [9.17, 15) is 0 Å². The van der Waals surface area contributed by atoms with Crippen LogP contribution in [0.5, 0.6) is 0 Å². The molecule has 30 heavy (non-hydrogen) atoms. The number of hydrogen-bond donors (Lipinski definition) is 2. The lowest BCUT2D eigenvalue weighted by Crippen LogP contribution is -2.45. The Labute approximate surface area is 184 Å². The molecular formula is C24H43N5O. The summed E-state index contributed by atoms with van der Waals surface area (Å²) in [6, 6.07) is 8.76. The zero-order valence-electron chi connectivity index (χ0n) is 19.8. The van der Waals surface area contributed by atoms with Gasteiger partial charge in [0.05, 0.1) is 6.10 Å². The van der Waals surface area contributed by atoms with Crippen LogP contribution in [-0.2, 0) is 17.8 Å². The van der Waals surface area contributed by atoms with E-state index in [0.29, 0.717) is 5.92 Å². The number of guanidine groups is 1. The van der Waals surface area contributed by atoms with Crippen LogP contribution in [0, 0.1) is 5.92 Å². The topological polar surface area (TPSA) is 52.1 Å². The fourth-order valence-electron chi connectivity index (χ4n) is 3.94. The Hall–Kier alpha value is -1.63. The highest BCUT2D eigenvalue weighted by Gasteiger charge is 2.17. The van der Waals surface area contributed by atoms with E-state index in [2.05, 4.69) is 77.4 Å². The maximum atomic E-state index is 5.84. The van der Waals surface area contributed by atoms with Gasteiger partial charge in [-0.05, 0) is 36.9 Å². The van der Waals surface area contributed by atoms with Crippen molar-refractivity contribution in [3.05, 3.63) is 35.4 Å². The van der Waals surface area contributed by atoms with E-state index in [4.69, 9.17) is 4.74 Å². The highest BCUT2D eigenvalue weighted by atomic mass is 16.5. The van der Waals surface area contributed by atoms with Gasteiger partial charge in [0.1, 0.15) is 0 Å². The second kappa shape index (κ2) is 13.6. The van der Waals surface area contributed by atoms with Crippen LogP contribution in [0.1, 0.15) is 45.2 Å². The number of likely N-dealkylation sites (N-methyl/N-ethyl adjacent to an activating group) is 1. The Morgan fingerprint density at radius 3 is 2.30 bits per heavy atom. The number of piperazine rings is 1. The highest BCUT2D eigenvalue weighted by molar-refractivity contribution is 5.79. The summed E-state index contributed by atoms with van der Waals surface area (Å²) >= 11 is 0. The molecule has 0 radical (unpaired) electrons. The van der Waals surface area contributed by atoms with Crippen LogP contribution in [0.3, 0.4) is 0 Å². The molecule has 1 aromatic rings. The Kier molecular flexibility index (Phi) is 11.2. The molecule has 1 aromatic carbocycles. The summed E-state index contributed by atoms with van der Waals surface area (Å²) in [5, 5.41) is 6.92. The van der Waals surface area contributed by atoms with Gasteiger partial charge >= 0.3 is 0 Å². The molecule has 6 nitrogen and oxygen atoms in total. The van der Waals surface area contributed by atoms with Gasteiger partial charge in [-0.2, -0.15) is 0 Å². The molecule has 170 valence electrons. The van der Waals surface area contributed by atoms with Gasteiger partial charge in [0.15, 0.2) is 5.96 Å². The van der Waals surface area contributed by atoms with E-state index < -0.39 is 0 Å². The van der Waals surface area contributed by atoms with Crippen LogP contribution < -0.4 is 10.6 Å². The molecule has 1 atom stereocenters. The molecule has 0 amide bonds. The fraction of sp³-hybridized carbons (Fsp3) is 0.708. The standard InChI is InChI=1S/C24H43N5O/c1-6-28-14-16-29(17-15-28)19-22-11-9-8-10-21(22)18-27-24(25-5)26-13-12-23(20(3)4)30-7-2/h8-11,20,23H,6-7,12-19H2,1-5H3,(H2,25,26,27). The SMILES string of the molecule is CCOC(CCNC(=NC)NCc1ccccc1CN1CCN(CC)CC1)C(C)C. The van der Waals surface area contributed by atoms with E-state index in [0.717, 1.165) is 58.3 Å². The average molecular weight is 418 g/mol. The second-order valence-electron chi connectivity index (χ2n) is 8.36. The number of rotatable bonds is 11. The largest absolute Gasteiger partial charge is 0.378 e. The van der Waals surface area contributed by atoms with Gasteiger partial charge < -0.3 is 20.3 Å². The Morgan fingerprint density at radius 1 is 1.03 bits per heavy atom. The summed E-state index contributed by atoms with van der Waals surface area (Å²) in [7, 11) is 1.83. The van der Waals surface area contributed by atoms with Crippen molar-refractivity contribution >= 4 is 5.96 Å². The lowest BCUT2D eigenvalue weighted by Gasteiger charge is -2.34. The molecule has 2 N–H and O–H groups in total. The number of aliphatic imine (C=N–C) groups is 1. The van der Waals surface area contributed by atoms with E-state index in [1.165, 1.54) is 24.2 Å². The molecule has 1 aliphatic heterocycles. The third-order valence-corrected chi connectivity index (χ3v) is 5.94. The van der Waals surface area contributed by atoms with E-state index >= 15 is 0 Å². The Bertz CT molecular complexity index is 626. The van der Waals surface area contributed by atoms with Crippen molar-refractivity contribution < 1.29 is 4.74 Å². The molecule has 1 saturated heterocycles. The molecular weight excluding hydrogens is 374 g/mol. The van der Waals surface area contributed by atoms with E-state index in [1.807, 2.05) is 7.05 Å². The molecule has 0 aliphatic carbocycles. The minimum absolute atomic E-state index is 0.287. The molecule has 0 saturated carbocycles. The summed E-state index contributed by atoms with van der Waals surface area (Å²) in [6.45, 7) is 18.0. The zero-order valence-corrected chi connectivity index (χ0v) is 19.8. The normalized spacial score (nSPS) is 17.3. The summed E-state index contributed by atoms with van der Waals surface area (Å²) in [5.41, 5.74) is 2.74. The molecule has 0 spiro atoms. The van der Waals surface area contributed by atoms with Crippen molar-refractivity contribution in [1.82, 2.24) is 20.4 Å². The van der Waals surface area contributed by atoms with Crippen LogP contribution in [0.25, 0.3) is 0 Å². The van der Waals surface area contributed by atoms with Crippen molar-refractivity contribution in [3.63, 3.8) is 0 Å². The average Bonchev–Trinajstić information content (AvgIpc) is 2.76. The van der Waals surface area contributed by atoms with Crippen LogP contribution in [0.2, 0.25) is 0 Å². The smallest absolute Gasteiger partial charge is 0.191 e. The first kappa shape index (κ1) is 24.6. The van der Waals surface area contributed by atoms with Gasteiger partial charge in [-0.25, -0.2) is 0 Å². The first-order valence-corrected chi connectivity index (χ1v) is 11.6. The highest BCUT2D eigenvalue weighted by Crippen LogP contribution is 2.14. The minimum Gasteiger partial charge on any atom is -0.378 e.